The van der Waals surface area contributed by atoms with Crippen LogP contribution in [-0.4, -0.2) is 0 Å². The Morgan fingerprint density at radius 1 is 1.29 bits per heavy atom. The molecule has 0 aliphatic rings. The second-order valence-corrected chi connectivity index (χ2v) is 3.40. The zero-order chi connectivity index (χ0) is 10.4. The molecule has 1 aromatic carbocycles. The molecule has 0 saturated heterocycles. The average molecular weight is 187 g/mol. The average Bonchev–Trinajstić information content (AvgIpc) is 2.18. The maximum absolute atomic E-state index is 5.84. The molecule has 1 nitrogen and oxygen atoms in total. The van der Waals surface area contributed by atoms with Gasteiger partial charge < -0.3 is 5.73 Å². The third-order valence-electron chi connectivity index (χ3n) is 2.02. The standard InChI is InChI=1S/C13H17N/c1-3-4-5-13(14)10-12-8-6-11(2)7-9-12/h3-4,6-10H,5,14H2,1-2H3/b4-3-,13-10-. The first-order valence-corrected chi connectivity index (χ1v) is 4.86. The molecule has 0 unspecified atom stereocenters. The summed E-state index contributed by atoms with van der Waals surface area (Å²) in [4.78, 5) is 0. The monoisotopic (exact) mass is 187 g/mol. The molecule has 74 valence electrons. The summed E-state index contributed by atoms with van der Waals surface area (Å²) in [6, 6.07) is 8.35. The van der Waals surface area contributed by atoms with Gasteiger partial charge in [-0.05, 0) is 25.5 Å². The van der Waals surface area contributed by atoms with Crippen molar-refractivity contribution in [2.75, 3.05) is 0 Å². The molecule has 0 heterocycles. The lowest BCUT2D eigenvalue weighted by atomic mass is 10.1. The normalized spacial score (nSPS) is 12.3. The van der Waals surface area contributed by atoms with Gasteiger partial charge in [0, 0.05) is 12.1 Å². The summed E-state index contributed by atoms with van der Waals surface area (Å²) in [7, 11) is 0. The summed E-state index contributed by atoms with van der Waals surface area (Å²) in [6.07, 6.45) is 6.90. The number of nitrogens with two attached hydrogens (primary N) is 1. The zero-order valence-corrected chi connectivity index (χ0v) is 8.83. The zero-order valence-electron chi connectivity index (χ0n) is 8.83. The van der Waals surface area contributed by atoms with E-state index in [9.17, 15) is 0 Å². The lowest BCUT2D eigenvalue weighted by molar-refractivity contribution is 1.18. The first-order valence-electron chi connectivity index (χ1n) is 4.86. The first-order chi connectivity index (χ1) is 6.72. The van der Waals surface area contributed by atoms with Gasteiger partial charge in [0.15, 0.2) is 0 Å². The highest BCUT2D eigenvalue weighted by Crippen LogP contribution is 2.08. The number of aryl methyl sites for hydroxylation is 1. The van der Waals surface area contributed by atoms with Crippen molar-refractivity contribution in [1.29, 1.82) is 0 Å². The number of hydrogen-bond donors (Lipinski definition) is 1. The van der Waals surface area contributed by atoms with Gasteiger partial charge in [-0.25, -0.2) is 0 Å². The Kier molecular flexibility index (Phi) is 3.99. The van der Waals surface area contributed by atoms with Crippen LogP contribution < -0.4 is 5.73 Å². The van der Waals surface area contributed by atoms with Crippen molar-refractivity contribution in [2.45, 2.75) is 20.3 Å². The minimum absolute atomic E-state index is 0.824. The summed E-state index contributed by atoms with van der Waals surface area (Å²) in [5.41, 5.74) is 9.17. The maximum atomic E-state index is 5.84. The van der Waals surface area contributed by atoms with Crippen LogP contribution in [0.2, 0.25) is 0 Å². The van der Waals surface area contributed by atoms with Crippen LogP contribution in [0.1, 0.15) is 24.5 Å². The Morgan fingerprint density at radius 2 is 1.93 bits per heavy atom. The molecule has 0 spiro atoms. The van der Waals surface area contributed by atoms with Crippen LogP contribution in [0.3, 0.4) is 0 Å². The van der Waals surface area contributed by atoms with Crippen molar-refractivity contribution >= 4 is 6.08 Å². The molecule has 0 bridgehead atoms. The summed E-state index contributed by atoms with van der Waals surface area (Å²) in [5.74, 6) is 0. The fraction of sp³-hybridized carbons (Fsp3) is 0.231. The fourth-order valence-electron chi connectivity index (χ4n) is 1.19. The maximum Gasteiger partial charge on any atom is 0.0125 e. The number of benzene rings is 1. The third-order valence-corrected chi connectivity index (χ3v) is 2.02. The highest BCUT2D eigenvalue weighted by atomic mass is 14.6. The van der Waals surface area contributed by atoms with Gasteiger partial charge >= 0.3 is 0 Å². The molecule has 0 saturated carbocycles. The van der Waals surface area contributed by atoms with Crippen molar-refractivity contribution in [3.05, 3.63) is 53.2 Å². The molecule has 1 rings (SSSR count). The van der Waals surface area contributed by atoms with Crippen LogP contribution >= 0.6 is 0 Å². The molecule has 0 aliphatic heterocycles. The first kappa shape index (κ1) is 10.6. The largest absolute Gasteiger partial charge is 0.402 e. The molecular formula is C13H17N. The Bertz CT molecular complexity index is 331. The predicted octanol–water partition coefficient (Wildman–Crippen LogP) is 3.26. The topological polar surface area (TPSA) is 26.0 Å². The van der Waals surface area contributed by atoms with Crippen molar-refractivity contribution in [3.8, 4) is 0 Å². The Balaban J connectivity index is 2.71. The van der Waals surface area contributed by atoms with Gasteiger partial charge in [-0.1, -0.05) is 42.0 Å². The van der Waals surface area contributed by atoms with Crippen molar-refractivity contribution in [3.63, 3.8) is 0 Å². The van der Waals surface area contributed by atoms with E-state index in [0.29, 0.717) is 0 Å². The molecule has 14 heavy (non-hydrogen) atoms. The van der Waals surface area contributed by atoms with E-state index >= 15 is 0 Å². The van der Waals surface area contributed by atoms with Crippen LogP contribution in [0.25, 0.3) is 6.08 Å². The van der Waals surface area contributed by atoms with Crippen LogP contribution in [0.15, 0.2) is 42.1 Å². The van der Waals surface area contributed by atoms with E-state index in [0.717, 1.165) is 17.7 Å². The highest BCUT2D eigenvalue weighted by Gasteiger charge is 1.90. The molecule has 0 radical (unpaired) electrons. The second kappa shape index (κ2) is 5.28. The molecule has 0 aliphatic carbocycles. The van der Waals surface area contributed by atoms with Gasteiger partial charge in [-0.3, -0.25) is 0 Å². The Hall–Kier alpha value is -1.50. The molecule has 0 fully saturated rings. The van der Waals surface area contributed by atoms with Gasteiger partial charge in [0.25, 0.3) is 0 Å². The molecular weight excluding hydrogens is 170 g/mol. The van der Waals surface area contributed by atoms with E-state index in [1.807, 2.05) is 19.1 Å². The van der Waals surface area contributed by atoms with E-state index in [1.165, 1.54) is 5.56 Å². The van der Waals surface area contributed by atoms with Crippen molar-refractivity contribution < 1.29 is 0 Å². The van der Waals surface area contributed by atoms with Gasteiger partial charge in [0.1, 0.15) is 0 Å². The van der Waals surface area contributed by atoms with E-state index in [-0.39, 0.29) is 0 Å². The van der Waals surface area contributed by atoms with E-state index in [4.69, 9.17) is 5.73 Å². The van der Waals surface area contributed by atoms with Crippen LogP contribution in [-0.2, 0) is 0 Å². The van der Waals surface area contributed by atoms with Crippen molar-refractivity contribution in [1.82, 2.24) is 0 Å². The smallest absolute Gasteiger partial charge is 0.0125 e. The van der Waals surface area contributed by atoms with Crippen molar-refractivity contribution in [2.24, 2.45) is 5.73 Å². The minimum Gasteiger partial charge on any atom is -0.402 e. The van der Waals surface area contributed by atoms with Crippen LogP contribution in [0.4, 0.5) is 0 Å². The van der Waals surface area contributed by atoms with E-state index in [1.54, 1.807) is 0 Å². The number of allylic oxidation sites excluding steroid dienone is 2. The van der Waals surface area contributed by atoms with Gasteiger partial charge in [-0.2, -0.15) is 0 Å². The molecule has 1 heteroatoms. The second-order valence-electron chi connectivity index (χ2n) is 3.40. The van der Waals surface area contributed by atoms with E-state index < -0.39 is 0 Å². The molecule has 2 N–H and O–H groups in total. The molecule has 0 atom stereocenters. The van der Waals surface area contributed by atoms with Gasteiger partial charge in [-0.15, -0.1) is 0 Å². The summed E-state index contributed by atoms with van der Waals surface area (Å²) in [6.45, 7) is 4.08. The minimum atomic E-state index is 0.824. The SMILES string of the molecule is C/C=C\C/C(N)=C/c1ccc(C)cc1. The summed E-state index contributed by atoms with van der Waals surface area (Å²) < 4.78 is 0. The Morgan fingerprint density at radius 3 is 2.50 bits per heavy atom. The van der Waals surface area contributed by atoms with Gasteiger partial charge in [0.05, 0.1) is 0 Å². The molecule has 0 amide bonds. The third kappa shape index (κ3) is 3.48. The lowest BCUT2D eigenvalue weighted by Gasteiger charge is -1.98. The summed E-state index contributed by atoms with van der Waals surface area (Å²) in [5, 5.41) is 0. The highest BCUT2D eigenvalue weighted by molar-refractivity contribution is 5.52. The van der Waals surface area contributed by atoms with E-state index in [2.05, 4.69) is 37.3 Å². The summed E-state index contributed by atoms with van der Waals surface area (Å²) >= 11 is 0. The lowest BCUT2D eigenvalue weighted by Crippen LogP contribution is -1.94. The van der Waals surface area contributed by atoms with Crippen LogP contribution in [0, 0.1) is 6.92 Å². The number of hydrogen-bond acceptors (Lipinski definition) is 1. The number of rotatable bonds is 3. The van der Waals surface area contributed by atoms with Crippen LogP contribution in [0.5, 0.6) is 0 Å². The Labute approximate surface area is 85.9 Å². The predicted molar refractivity (Wildman–Crippen MR) is 62.8 cm³/mol. The molecule has 1 aromatic rings. The van der Waals surface area contributed by atoms with Gasteiger partial charge in [0.2, 0.25) is 0 Å². The molecule has 0 aromatic heterocycles. The fourth-order valence-corrected chi connectivity index (χ4v) is 1.19. The quantitative estimate of drug-likeness (QED) is 0.722.